The van der Waals surface area contributed by atoms with Crippen LogP contribution in [0.1, 0.15) is 24.5 Å². The maximum absolute atomic E-state index is 11.7. The topological polar surface area (TPSA) is 46.5 Å². The van der Waals surface area contributed by atoms with Gasteiger partial charge in [-0.25, -0.2) is 4.79 Å². The van der Waals surface area contributed by atoms with Gasteiger partial charge in [0.1, 0.15) is 11.5 Å². The number of phenolic OH excluding ortho intramolecular Hbond substituents is 1. The molecule has 1 aliphatic rings. The van der Waals surface area contributed by atoms with Crippen molar-refractivity contribution in [1.29, 1.82) is 0 Å². The summed E-state index contributed by atoms with van der Waals surface area (Å²) >= 11 is 6.05. The van der Waals surface area contributed by atoms with Crippen LogP contribution < -0.4 is 4.74 Å². The molecule has 1 atom stereocenters. The summed E-state index contributed by atoms with van der Waals surface area (Å²) in [4.78, 5) is 11.7. The molecule has 0 spiro atoms. The van der Waals surface area contributed by atoms with E-state index < -0.39 is 5.97 Å². The van der Waals surface area contributed by atoms with E-state index in [1.165, 1.54) is 0 Å². The number of benzene rings is 2. The molecule has 114 valence electrons. The quantitative estimate of drug-likeness (QED) is 0.507. The van der Waals surface area contributed by atoms with Crippen LogP contribution in [0.15, 0.2) is 30.9 Å². The van der Waals surface area contributed by atoms with Crippen LogP contribution >= 0.6 is 11.6 Å². The fraction of sp³-hybridized carbons (Fsp3) is 0.278. The van der Waals surface area contributed by atoms with Crippen LogP contribution in [-0.4, -0.2) is 11.1 Å². The molecule has 0 radical (unpaired) electrons. The Morgan fingerprint density at radius 3 is 2.91 bits per heavy atom. The van der Waals surface area contributed by atoms with E-state index in [1.807, 2.05) is 0 Å². The number of esters is 1. The molecule has 0 saturated carbocycles. The lowest BCUT2D eigenvalue weighted by Crippen LogP contribution is -2.15. The summed E-state index contributed by atoms with van der Waals surface area (Å²) in [5.41, 5.74) is 1.78. The Labute approximate surface area is 134 Å². The van der Waals surface area contributed by atoms with Crippen LogP contribution in [0.25, 0.3) is 10.8 Å². The molecule has 2 aromatic rings. The van der Waals surface area contributed by atoms with Gasteiger partial charge in [-0.2, -0.15) is 0 Å². The lowest BCUT2D eigenvalue weighted by Gasteiger charge is -2.26. The van der Waals surface area contributed by atoms with Crippen molar-refractivity contribution in [1.82, 2.24) is 0 Å². The number of fused-ring (bicyclic) bond motifs is 2. The van der Waals surface area contributed by atoms with E-state index in [1.54, 1.807) is 18.2 Å². The van der Waals surface area contributed by atoms with Crippen molar-refractivity contribution in [3.63, 3.8) is 0 Å². The van der Waals surface area contributed by atoms with E-state index in [4.69, 9.17) is 16.3 Å². The molecule has 3 rings (SSSR count). The summed E-state index contributed by atoms with van der Waals surface area (Å²) in [7, 11) is 0. The Bertz CT molecular complexity index is 780. The largest absolute Gasteiger partial charge is 0.507 e. The molecule has 4 heteroatoms. The van der Waals surface area contributed by atoms with Gasteiger partial charge in [-0.1, -0.05) is 25.1 Å². The molecule has 1 N–H and O–H groups in total. The van der Waals surface area contributed by atoms with E-state index >= 15 is 0 Å². The zero-order valence-electron chi connectivity index (χ0n) is 12.4. The van der Waals surface area contributed by atoms with Gasteiger partial charge in [0.05, 0.1) is 0 Å². The fourth-order valence-electron chi connectivity index (χ4n) is 3.10. The zero-order valence-corrected chi connectivity index (χ0v) is 13.1. The minimum absolute atomic E-state index is 0.248. The number of halogens is 1. The monoisotopic (exact) mass is 316 g/mol. The number of aromatic hydroxyl groups is 1. The summed E-state index contributed by atoms with van der Waals surface area (Å²) in [6.45, 7) is 5.61. The standard InChI is InChI=1S/C18H17ClO3/c1-3-16(20)22-18-13-7-5-11(19)9-14(13)17(21)12-6-4-10(2)8-15(12)18/h3,5,7,9-10,21H,1,4,6,8H2,2H3. The molecule has 3 nitrogen and oxygen atoms in total. The van der Waals surface area contributed by atoms with Crippen LogP contribution in [0.2, 0.25) is 5.02 Å². The minimum Gasteiger partial charge on any atom is -0.507 e. The lowest BCUT2D eigenvalue weighted by atomic mass is 9.82. The van der Waals surface area contributed by atoms with Gasteiger partial charge in [-0.3, -0.25) is 0 Å². The predicted molar refractivity (Wildman–Crippen MR) is 87.6 cm³/mol. The first kappa shape index (κ1) is 14.9. The van der Waals surface area contributed by atoms with Crippen molar-refractivity contribution < 1.29 is 14.6 Å². The highest BCUT2D eigenvalue weighted by Gasteiger charge is 2.26. The maximum atomic E-state index is 11.7. The molecule has 0 aromatic heterocycles. The van der Waals surface area contributed by atoms with Gasteiger partial charge in [0.2, 0.25) is 0 Å². The second-order valence-electron chi connectivity index (χ2n) is 5.80. The molecule has 1 unspecified atom stereocenters. The molecule has 1 aliphatic carbocycles. The van der Waals surface area contributed by atoms with Crippen LogP contribution in [0.5, 0.6) is 11.5 Å². The van der Waals surface area contributed by atoms with E-state index in [9.17, 15) is 9.90 Å². The summed E-state index contributed by atoms with van der Waals surface area (Å²) in [5, 5.41) is 12.5. The highest BCUT2D eigenvalue weighted by Crippen LogP contribution is 2.45. The SMILES string of the molecule is C=CC(=O)Oc1c2c(c(O)c3cc(Cl)ccc13)CCC(C)C2. The number of carbonyl (C=O) groups excluding carboxylic acids is 1. The van der Waals surface area contributed by atoms with Crippen LogP contribution in [0, 0.1) is 5.92 Å². The second kappa shape index (κ2) is 5.65. The minimum atomic E-state index is -0.498. The molecular formula is C18H17ClO3. The summed E-state index contributed by atoms with van der Waals surface area (Å²) in [6.07, 6.45) is 3.69. The van der Waals surface area contributed by atoms with Gasteiger partial charge in [-0.15, -0.1) is 0 Å². The lowest BCUT2D eigenvalue weighted by molar-refractivity contribution is -0.128. The van der Waals surface area contributed by atoms with E-state index in [0.29, 0.717) is 27.5 Å². The zero-order chi connectivity index (χ0) is 15.9. The molecule has 0 bridgehead atoms. The molecule has 22 heavy (non-hydrogen) atoms. The molecule has 0 fully saturated rings. The Morgan fingerprint density at radius 2 is 2.18 bits per heavy atom. The Balaban J connectivity index is 2.32. The molecule has 0 saturated heterocycles. The smallest absolute Gasteiger partial charge is 0.335 e. The van der Waals surface area contributed by atoms with E-state index in [-0.39, 0.29) is 5.75 Å². The third-order valence-corrected chi connectivity index (χ3v) is 4.45. The fourth-order valence-corrected chi connectivity index (χ4v) is 3.27. The van der Waals surface area contributed by atoms with Gasteiger partial charge in [0, 0.05) is 33.0 Å². The number of carbonyl (C=O) groups is 1. The molecule has 0 amide bonds. The number of hydrogen-bond acceptors (Lipinski definition) is 3. The van der Waals surface area contributed by atoms with Crippen molar-refractivity contribution in [2.75, 3.05) is 0 Å². The maximum Gasteiger partial charge on any atom is 0.335 e. The predicted octanol–water partition coefficient (Wildman–Crippen LogP) is 4.42. The van der Waals surface area contributed by atoms with Crippen LogP contribution in [-0.2, 0) is 17.6 Å². The first-order valence-electron chi connectivity index (χ1n) is 7.31. The number of rotatable bonds is 2. The normalized spacial score (nSPS) is 17.1. The van der Waals surface area contributed by atoms with Gasteiger partial charge in [0.25, 0.3) is 0 Å². The molecule has 0 aliphatic heterocycles. The Morgan fingerprint density at radius 1 is 1.41 bits per heavy atom. The summed E-state index contributed by atoms with van der Waals surface area (Å²) in [5.74, 6) is 0.758. The first-order chi connectivity index (χ1) is 10.5. The van der Waals surface area contributed by atoms with Gasteiger partial charge in [-0.05, 0) is 43.4 Å². The van der Waals surface area contributed by atoms with Gasteiger partial charge < -0.3 is 9.84 Å². The second-order valence-corrected chi connectivity index (χ2v) is 6.23. The van der Waals surface area contributed by atoms with Gasteiger partial charge >= 0.3 is 5.97 Å². The Hall–Kier alpha value is -2.00. The first-order valence-corrected chi connectivity index (χ1v) is 7.69. The van der Waals surface area contributed by atoms with E-state index in [0.717, 1.165) is 36.5 Å². The summed E-state index contributed by atoms with van der Waals surface area (Å²) < 4.78 is 5.51. The third kappa shape index (κ3) is 2.46. The third-order valence-electron chi connectivity index (χ3n) is 4.21. The van der Waals surface area contributed by atoms with Crippen molar-refractivity contribution in [2.45, 2.75) is 26.2 Å². The molecule has 2 aromatic carbocycles. The highest BCUT2D eigenvalue weighted by molar-refractivity contribution is 6.31. The number of hydrogen-bond donors (Lipinski definition) is 1. The van der Waals surface area contributed by atoms with Crippen molar-refractivity contribution in [3.05, 3.63) is 47.0 Å². The highest BCUT2D eigenvalue weighted by atomic mass is 35.5. The molecular weight excluding hydrogens is 300 g/mol. The Kier molecular flexibility index (Phi) is 3.83. The average molecular weight is 317 g/mol. The van der Waals surface area contributed by atoms with Crippen molar-refractivity contribution in [2.24, 2.45) is 5.92 Å². The van der Waals surface area contributed by atoms with Crippen LogP contribution in [0.3, 0.4) is 0 Å². The number of ether oxygens (including phenoxy) is 1. The van der Waals surface area contributed by atoms with E-state index in [2.05, 4.69) is 13.5 Å². The summed E-state index contributed by atoms with van der Waals surface area (Å²) in [6, 6.07) is 5.21. The van der Waals surface area contributed by atoms with Crippen LogP contribution in [0.4, 0.5) is 0 Å². The van der Waals surface area contributed by atoms with Gasteiger partial charge in [0.15, 0.2) is 0 Å². The van der Waals surface area contributed by atoms with Crippen molar-refractivity contribution >= 4 is 28.3 Å². The van der Waals surface area contributed by atoms with Crippen molar-refractivity contribution in [3.8, 4) is 11.5 Å². The number of phenols is 1. The molecule has 0 heterocycles. The average Bonchev–Trinajstić information content (AvgIpc) is 2.51.